The highest BCUT2D eigenvalue weighted by atomic mass is 127. The molecular formula is C14H17BrINO. The molecule has 1 amide bonds. The van der Waals surface area contributed by atoms with Gasteiger partial charge in [-0.2, -0.15) is 0 Å². The molecule has 1 atom stereocenters. The Labute approximate surface area is 130 Å². The number of nitrogens with zero attached hydrogens (tertiary/aromatic N) is 1. The molecule has 1 aromatic rings. The van der Waals surface area contributed by atoms with E-state index in [-0.39, 0.29) is 5.91 Å². The minimum Gasteiger partial charge on any atom is -0.336 e. The average molecular weight is 422 g/mol. The number of likely N-dealkylation sites (tertiary alicyclic amines) is 1. The van der Waals surface area contributed by atoms with Crippen LogP contribution < -0.4 is 0 Å². The van der Waals surface area contributed by atoms with Gasteiger partial charge in [0.2, 0.25) is 0 Å². The van der Waals surface area contributed by atoms with Gasteiger partial charge < -0.3 is 4.90 Å². The van der Waals surface area contributed by atoms with Gasteiger partial charge in [0.25, 0.3) is 5.91 Å². The highest BCUT2D eigenvalue weighted by Gasteiger charge is 2.27. The van der Waals surface area contributed by atoms with Crippen LogP contribution in [0, 0.1) is 3.57 Å². The third-order valence-corrected chi connectivity index (χ3v) is 4.95. The lowest BCUT2D eigenvalue weighted by Gasteiger charge is -2.35. The van der Waals surface area contributed by atoms with Crippen LogP contribution >= 0.6 is 38.5 Å². The molecule has 0 N–H and O–H groups in total. The summed E-state index contributed by atoms with van der Waals surface area (Å²) >= 11 is 5.69. The first-order chi connectivity index (χ1) is 8.63. The van der Waals surface area contributed by atoms with Gasteiger partial charge in [0, 0.05) is 20.6 Å². The Morgan fingerprint density at radius 3 is 3.00 bits per heavy atom. The molecule has 2 nitrogen and oxygen atoms in total. The maximum absolute atomic E-state index is 12.6. The molecule has 1 aromatic carbocycles. The van der Waals surface area contributed by atoms with Crippen molar-refractivity contribution in [2.75, 3.05) is 6.54 Å². The SMILES string of the molecule is CCC1CCCCN1C(=O)c1cc(Br)ccc1I. The molecule has 98 valence electrons. The molecule has 18 heavy (non-hydrogen) atoms. The molecule has 1 heterocycles. The minimum absolute atomic E-state index is 0.187. The van der Waals surface area contributed by atoms with Crippen molar-refractivity contribution in [1.82, 2.24) is 4.90 Å². The fourth-order valence-corrected chi connectivity index (χ4v) is 3.44. The van der Waals surface area contributed by atoms with Gasteiger partial charge in [0.15, 0.2) is 0 Å². The number of carbonyl (C=O) groups is 1. The summed E-state index contributed by atoms with van der Waals surface area (Å²) < 4.78 is 2.00. The molecule has 2 rings (SSSR count). The fraction of sp³-hybridized carbons (Fsp3) is 0.500. The number of hydrogen-bond donors (Lipinski definition) is 0. The average Bonchev–Trinajstić information content (AvgIpc) is 2.40. The van der Waals surface area contributed by atoms with Gasteiger partial charge in [0.05, 0.1) is 5.56 Å². The zero-order valence-electron chi connectivity index (χ0n) is 10.5. The summed E-state index contributed by atoms with van der Waals surface area (Å²) in [7, 11) is 0. The summed E-state index contributed by atoms with van der Waals surface area (Å²) in [5, 5.41) is 0. The lowest BCUT2D eigenvalue weighted by molar-refractivity contribution is 0.0607. The third-order valence-electron chi connectivity index (χ3n) is 3.52. The van der Waals surface area contributed by atoms with Crippen molar-refractivity contribution in [1.29, 1.82) is 0 Å². The maximum Gasteiger partial charge on any atom is 0.255 e. The summed E-state index contributed by atoms with van der Waals surface area (Å²) in [5.74, 6) is 0.187. The van der Waals surface area contributed by atoms with E-state index in [2.05, 4.69) is 50.3 Å². The Bertz CT molecular complexity index is 449. The smallest absolute Gasteiger partial charge is 0.255 e. The van der Waals surface area contributed by atoms with Gasteiger partial charge >= 0.3 is 0 Å². The maximum atomic E-state index is 12.6. The van der Waals surface area contributed by atoms with E-state index in [0.717, 1.165) is 39.4 Å². The van der Waals surface area contributed by atoms with E-state index < -0.39 is 0 Å². The Balaban J connectivity index is 2.26. The first kappa shape index (κ1) is 14.3. The summed E-state index contributed by atoms with van der Waals surface area (Å²) in [6, 6.07) is 6.32. The summed E-state index contributed by atoms with van der Waals surface area (Å²) in [5.41, 5.74) is 0.824. The number of benzene rings is 1. The van der Waals surface area contributed by atoms with Crippen LogP contribution in [0.1, 0.15) is 43.0 Å². The number of carbonyl (C=O) groups excluding carboxylic acids is 1. The predicted molar refractivity (Wildman–Crippen MR) is 85.8 cm³/mol. The lowest BCUT2D eigenvalue weighted by Crippen LogP contribution is -2.43. The number of halogens is 2. The number of amides is 1. The molecule has 0 aromatic heterocycles. The first-order valence-electron chi connectivity index (χ1n) is 6.39. The first-order valence-corrected chi connectivity index (χ1v) is 8.26. The molecule has 1 aliphatic rings. The quantitative estimate of drug-likeness (QED) is 0.645. The Morgan fingerprint density at radius 1 is 1.50 bits per heavy atom. The molecule has 0 spiro atoms. The molecule has 1 aliphatic heterocycles. The van der Waals surface area contributed by atoms with Gasteiger partial charge in [0.1, 0.15) is 0 Å². The van der Waals surface area contributed by atoms with Crippen molar-refractivity contribution in [3.63, 3.8) is 0 Å². The minimum atomic E-state index is 0.187. The molecule has 0 bridgehead atoms. The largest absolute Gasteiger partial charge is 0.336 e. The van der Waals surface area contributed by atoms with Crippen LogP contribution in [0.2, 0.25) is 0 Å². The van der Waals surface area contributed by atoms with Crippen molar-refractivity contribution < 1.29 is 4.79 Å². The van der Waals surface area contributed by atoms with Crippen molar-refractivity contribution >= 4 is 44.4 Å². The third kappa shape index (κ3) is 3.07. The molecule has 4 heteroatoms. The normalized spacial score (nSPS) is 19.9. The standard InChI is InChI=1S/C14H17BrINO/c1-2-11-5-3-4-8-17(11)14(18)12-9-10(15)6-7-13(12)16/h6-7,9,11H,2-5,8H2,1H3. The topological polar surface area (TPSA) is 20.3 Å². The van der Waals surface area contributed by atoms with Crippen LogP contribution in [0.25, 0.3) is 0 Å². The van der Waals surface area contributed by atoms with E-state index in [0.29, 0.717) is 6.04 Å². The molecule has 1 fully saturated rings. The van der Waals surface area contributed by atoms with E-state index >= 15 is 0 Å². The summed E-state index contributed by atoms with van der Waals surface area (Å²) in [6.45, 7) is 3.07. The van der Waals surface area contributed by atoms with Crippen LogP contribution in [-0.4, -0.2) is 23.4 Å². The van der Waals surface area contributed by atoms with Gasteiger partial charge in [-0.1, -0.05) is 22.9 Å². The molecule has 0 radical (unpaired) electrons. The van der Waals surface area contributed by atoms with Gasteiger partial charge in [-0.25, -0.2) is 0 Å². The van der Waals surface area contributed by atoms with Crippen molar-refractivity contribution in [3.05, 3.63) is 31.8 Å². The Kier molecular flexibility index (Phi) is 5.06. The van der Waals surface area contributed by atoms with Crippen LogP contribution in [-0.2, 0) is 0 Å². The van der Waals surface area contributed by atoms with E-state index in [1.165, 1.54) is 6.42 Å². The van der Waals surface area contributed by atoms with Gasteiger partial charge in [-0.3, -0.25) is 4.79 Å². The number of rotatable bonds is 2. The zero-order valence-corrected chi connectivity index (χ0v) is 14.2. The van der Waals surface area contributed by atoms with Crippen molar-refractivity contribution in [2.45, 2.75) is 38.6 Å². The highest BCUT2D eigenvalue weighted by Crippen LogP contribution is 2.25. The van der Waals surface area contributed by atoms with E-state index in [4.69, 9.17) is 0 Å². The summed E-state index contributed by atoms with van der Waals surface area (Å²) in [4.78, 5) is 14.7. The molecule has 1 saturated heterocycles. The van der Waals surface area contributed by atoms with Crippen molar-refractivity contribution in [2.24, 2.45) is 0 Å². The fourth-order valence-electron chi connectivity index (χ4n) is 2.51. The predicted octanol–water partition coefficient (Wildman–Crippen LogP) is 4.46. The van der Waals surface area contributed by atoms with Gasteiger partial charge in [-0.05, 0) is 66.5 Å². The van der Waals surface area contributed by atoms with E-state index in [1.807, 2.05) is 18.2 Å². The highest BCUT2D eigenvalue weighted by molar-refractivity contribution is 14.1. The Morgan fingerprint density at radius 2 is 2.28 bits per heavy atom. The lowest BCUT2D eigenvalue weighted by atomic mass is 9.99. The van der Waals surface area contributed by atoms with E-state index in [1.54, 1.807) is 0 Å². The molecule has 0 aliphatic carbocycles. The van der Waals surface area contributed by atoms with Crippen LogP contribution in [0.15, 0.2) is 22.7 Å². The molecule has 1 unspecified atom stereocenters. The number of piperidine rings is 1. The monoisotopic (exact) mass is 421 g/mol. The second-order valence-corrected chi connectivity index (χ2v) is 6.76. The van der Waals surface area contributed by atoms with E-state index in [9.17, 15) is 4.79 Å². The van der Waals surface area contributed by atoms with Crippen LogP contribution in [0.5, 0.6) is 0 Å². The number of hydrogen-bond acceptors (Lipinski definition) is 1. The Hall–Kier alpha value is -0.100. The zero-order chi connectivity index (χ0) is 13.1. The molecular weight excluding hydrogens is 405 g/mol. The van der Waals surface area contributed by atoms with Crippen LogP contribution in [0.4, 0.5) is 0 Å². The molecule has 0 saturated carbocycles. The summed E-state index contributed by atoms with van der Waals surface area (Å²) in [6.07, 6.45) is 4.58. The van der Waals surface area contributed by atoms with Crippen LogP contribution in [0.3, 0.4) is 0 Å². The second kappa shape index (κ2) is 6.37. The van der Waals surface area contributed by atoms with Gasteiger partial charge in [-0.15, -0.1) is 0 Å². The van der Waals surface area contributed by atoms with Crippen molar-refractivity contribution in [3.8, 4) is 0 Å². The second-order valence-electron chi connectivity index (χ2n) is 4.68.